The van der Waals surface area contributed by atoms with Crippen LogP contribution in [0.5, 0.6) is 0 Å². The molecule has 0 aromatic heterocycles. The van der Waals surface area contributed by atoms with Gasteiger partial charge in [0.15, 0.2) is 5.78 Å². The summed E-state index contributed by atoms with van der Waals surface area (Å²) in [5.74, 6) is -0.0727. The van der Waals surface area contributed by atoms with Crippen molar-refractivity contribution in [3.63, 3.8) is 0 Å². The Balaban J connectivity index is 3.14. The Morgan fingerprint density at radius 2 is 1.81 bits per heavy atom. The van der Waals surface area contributed by atoms with E-state index in [1.807, 2.05) is 12.1 Å². The lowest BCUT2D eigenvalue weighted by Crippen LogP contribution is -2.25. The molecule has 0 aliphatic heterocycles. The third-order valence-corrected chi connectivity index (χ3v) is 2.15. The highest BCUT2D eigenvalue weighted by atomic mass is 16.1. The van der Waals surface area contributed by atoms with Crippen molar-refractivity contribution in [1.82, 2.24) is 0 Å². The summed E-state index contributed by atoms with van der Waals surface area (Å²) in [6, 6.07) is 10.9. The largest absolute Gasteiger partial charge is 0.344 e. The molecule has 0 heterocycles. The second kappa shape index (κ2) is 5.53. The van der Waals surface area contributed by atoms with Crippen LogP contribution in [0.15, 0.2) is 24.3 Å². The van der Waals surface area contributed by atoms with Crippen molar-refractivity contribution in [3.8, 4) is 12.1 Å². The Morgan fingerprint density at radius 3 is 2.31 bits per heavy atom. The van der Waals surface area contributed by atoms with Gasteiger partial charge < -0.3 is 4.90 Å². The number of anilines is 1. The molecule has 0 saturated heterocycles. The smallest absolute Gasteiger partial charge is 0.161 e. The zero-order chi connectivity index (χ0) is 12.0. The maximum Gasteiger partial charge on any atom is 0.161 e. The van der Waals surface area contributed by atoms with E-state index in [1.165, 1.54) is 6.92 Å². The van der Waals surface area contributed by atoms with Crippen molar-refractivity contribution in [2.24, 2.45) is 0 Å². The van der Waals surface area contributed by atoms with E-state index in [9.17, 15) is 4.79 Å². The fourth-order valence-electron chi connectivity index (χ4n) is 1.44. The van der Waals surface area contributed by atoms with Crippen LogP contribution in [-0.2, 0) is 0 Å². The minimum absolute atomic E-state index is 0.0727. The van der Waals surface area contributed by atoms with Gasteiger partial charge in [-0.1, -0.05) is 12.1 Å². The van der Waals surface area contributed by atoms with Gasteiger partial charge in [0.05, 0.1) is 12.1 Å². The number of nitriles is 2. The summed E-state index contributed by atoms with van der Waals surface area (Å²) in [6.45, 7) is 1.66. The van der Waals surface area contributed by atoms with Gasteiger partial charge in [-0.25, -0.2) is 0 Å². The summed E-state index contributed by atoms with van der Waals surface area (Å²) < 4.78 is 0. The lowest BCUT2D eigenvalue weighted by Gasteiger charge is -2.20. The van der Waals surface area contributed by atoms with Crippen LogP contribution in [0, 0.1) is 22.7 Å². The van der Waals surface area contributed by atoms with Crippen LogP contribution in [-0.4, -0.2) is 18.9 Å². The highest BCUT2D eigenvalue weighted by molar-refractivity contribution is 5.99. The number of para-hydroxylation sites is 1. The first-order chi connectivity index (χ1) is 7.70. The maximum atomic E-state index is 11.4. The Bertz CT molecular complexity index is 452. The van der Waals surface area contributed by atoms with Gasteiger partial charge in [-0.2, -0.15) is 10.5 Å². The van der Waals surface area contributed by atoms with Crippen molar-refractivity contribution >= 4 is 11.5 Å². The van der Waals surface area contributed by atoms with Gasteiger partial charge in [-0.05, 0) is 19.1 Å². The molecule has 0 aliphatic carbocycles. The van der Waals surface area contributed by atoms with Crippen molar-refractivity contribution in [2.45, 2.75) is 6.92 Å². The molecule has 0 fully saturated rings. The predicted molar refractivity (Wildman–Crippen MR) is 59.9 cm³/mol. The molecule has 1 aromatic carbocycles. The van der Waals surface area contributed by atoms with E-state index in [0.29, 0.717) is 11.3 Å². The monoisotopic (exact) mass is 213 g/mol. The van der Waals surface area contributed by atoms with E-state index in [0.717, 1.165) is 0 Å². The van der Waals surface area contributed by atoms with Crippen molar-refractivity contribution in [3.05, 3.63) is 29.8 Å². The Morgan fingerprint density at radius 1 is 1.25 bits per heavy atom. The number of rotatable bonds is 4. The van der Waals surface area contributed by atoms with Crippen molar-refractivity contribution < 1.29 is 4.79 Å². The molecule has 1 rings (SSSR count). The first kappa shape index (κ1) is 11.7. The molecule has 0 unspecified atom stereocenters. The average molecular weight is 213 g/mol. The Kier molecular flexibility index (Phi) is 4.06. The number of hydrogen-bond acceptors (Lipinski definition) is 4. The summed E-state index contributed by atoms with van der Waals surface area (Å²) in [7, 11) is 0. The molecule has 0 bridgehead atoms. The Labute approximate surface area is 94.3 Å². The highest BCUT2D eigenvalue weighted by Crippen LogP contribution is 2.20. The van der Waals surface area contributed by atoms with Crippen LogP contribution >= 0.6 is 0 Å². The summed E-state index contributed by atoms with van der Waals surface area (Å²) in [5, 5.41) is 17.3. The second-order valence-corrected chi connectivity index (χ2v) is 3.25. The number of carbonyl (C=O) groups excluding carboxylic acids is 1. The normalized spacial score (nSPS) is 8.94. The van der Waals surface area contributed by atoms with Gasteiger partial charge in [0.1, 0.15) is 13.1 Å². The van der Waals surface area contributed by atoms with E-state index < -0.39 is 0 Å². The van der Waals surface area contributed by atoms with Gasteiger partial charge >= 0.3 is 0 Å². The molecule has 0 aliphatic rings. The minimum Gasteiger partial charge on any atom is -0.344 e. The fraction of sp³-hybridized carbons (Fsp3) is 0.250. The molecule has 0 atom stereocenters. The molecular weight excluding hydrogens is 202 g/mol. The first-order valence-electron chi connectivity index (χ1n) is 4.79. The number of benzene rings is 1. The summed E-state index contributed by atoms with van der Waals surface area (Å²) in [4.78, 5) is 13.0. The van der Waals surface area contributed by atoms with Gasteiger partial charge in [0.25, 0.3) is 0 Å². The molecule has 4 nitrogen and oxygen atoms in total. The molecule has 0 spiro atoms. The van der Waals surface area contributed by atoms with E-state index in [4.69, 9.17) is 10.5 Å². The van der Waals surface area contributed by atoms with Gasteiger partial charge in [-0.15, -0.1) is 0 Å². The van der Waals surface area contributed by atoms with Crippen LogP contribution in [0.2, 0.25) is 0 Å². The van der Waals surface area contributed by atoms with E-state index in [2.05, 4.69) is 0 Å². The topological polar surface area (TPSA) is 67.9 Å². The molecule has 0 saturated carbocycles. The second-order valence-electron chi connectivity index (χ2n) is 3.25. The Hall–Kier alpha value is -2.33. The molecule has 0 radical (unpaired) electrons. The van der Waals surface area contributed by atoms with E-state index in [-0.39, 0.29) is 18.9 Å². The molecule has 80 valence electrons. The highest BCUT2D eigenvalue weighted by Gasteiger charge is 2.12. The molecule has 1 aromatic rings. The summed E-state index contributed by atoms with van der Waals surface area (Å²) >= 11 is 0. The standard InChI is InChI=1S/C12H11N3O/c1-10(16)11-4-2-3-5-12(11)15(8-6-13)9-7-14/h2-5H,8-9H2,1H3. The molecule has 0 amide bonds. The van der Waals surface area contributed by atoms with Crippen molar-refractivity contribution in [1.29, 1.82) is 10.5 Å². The van der Waals surface area contributed by atoms with Gasteiger partial charge in [0.2, 0.25) is 0 Å². The van der Waals surface area contributed by atoms with Crippen LogP contribution < -0.4 is 4.90 Å². The van der Waals surface area contributed by atoms with Crippen LogP contribution in [0.1, 0.15) is 17.3 Å². The SMILES string of the molecule is CC(=O)c1ccccc1N(CC#N)CC#N. The number of carbonyl (C=O) groups is 1. The molecule has 4 heteroatoms. The van der Waals surface area contributed by atoms with Crippen LogP contribution in [0.4, 0.5) is 5.69 Å². The molecule has 16 heavy (non-hydrogen) atoms. The number of Topliss-reactive ketones (excluding diaryl/α,β-unsaturated/α-hetero) is 1. The number of nitrogens with zero attached hydrogens (tertiary/aromatic N) is 3. The van der Waals surface area contributed by atoms with E-state index in [1.54, 1.807) is 29.2 Å². The molecular formula is C12H11N3O. The van der Waals surface area contributed by atoms with E-state index >= 15 is 0 Å². The van der Waals surface area contributed by atoms with Crippen LogP contribution in [0.25, 0.3) is 0 Å². The predicted octanol–water partition coefficient (Wildman–Crippen LogP) is 1.74. The quantitative estimate of drug-likeness (QED) is 0.564. The number of hydrogen-bond donors (Lipinski definition) is 0. The van der Waals surface area contributed by atoms with Gasteiger partial charge in [-0.3, -0.25) is 4.79 Å². The summed E-state index contributed by atoms with van der Waals surface area (Å²) in [6.07, 6.45) is 0. The zero-order valence-corrected chi connectivity index (χ0v) is 8.97. The first-order valence-corrected chi connectivity index (χ1v) is 4.79. The average Bonchev–Trinajstić information content (AvgIpc) is 2.29. The maximum absolute atomic E-state index is 11.4. The van der Waals surface area contributed by atoms with Crippen LogP contribution in [0.3, 0.4) is 0 Å². The third kappa shape index (κ3) is 2.59. The minimum atomic E-state index is -0.0727. The fourth-order valence-corrected chi connectivity index (χ4v) is 1.44. The summed E-state index contributed by atoms with van der Waals surface area (Å²) in [5.41, 5.74) is 1.17. The lowest BCUT2D eigenvalue weighted by molar-refractivity contribution is 0.101. The zero-order valence-electron chi connectivity index (χ0n) is 8.97. The van der Waals surface area contributed by atoms with Crippen molar-refractivity contribution in [2.75, 3.05) is 18.0 Å². The lowest BCUT2D eigenvalue weighted by atomic mass is 10.1. The number of ketones is 1. The molecule has 0 N–H and O–H groups in total. The van der Waals surface area contributed by atoms with Gasteiger partial charge in [0, 0.05) is 11.3 Å². The third-order valence-electron chi connectivity index (χ3n) is 2.15.